The summed E-state index contributed by atoms with van der Waals surface area (Å²) in [6.07, 6.45) is 0.286. The van der Waals surface area contributed by atoms with Crippen LogP contribution in [0.2, 0.25) is 0 Å². The van der Waals surface area contributed by atoms with Gasteiger partial charge in [0.1, 0.15) is 6.10 Å². The summed E-state index contributed by atoms with van der Waals surface area (Å²) in [6, 6.07) is 10.9. The van der Waals surface area contributed by atoms with Crippen LogP contribution in [0, 0.1) is 17.2 Å². The van der Waals surface area contributed by atoms with E-state index in [4.69, 9.17) is 14.7 Å². The average molecular weight is 231 g/mol. The van der Waals surface area contributed by atoms with Crippen molar-refractivity contribution >= 4 is 5.97 Å². The standard InChI is InChI=1S/C13H13NO3/c14-7-12-6-10(8-16-12)9-17-13(15)11-4-2-1-3-5-11/h1-5,10,12H,6,8-9H2/t10-,12-/m1/s1. The molecule has 0 N–H and O–H groups in total. The molecular weight excluding hydrogens is 218 g/mol. The van der Waals surface area contributed by atoms with Crippen LogP contribution in [0.1, 0.15) is 16.8 Å². The maximum atomic E-state index is 11.6. The lowest BCUT2D eigenvalue weighted by molar-refractivity contribution is 0.0425. The van der Waals surface area contributed by atoms with Gasteiger partial charge in [-0.2, -0.15) is 5.26 Å². The van der Waals surface area contributed by atoms with E-state index < -0.39 is 0 Å². The molecule has 0 aromatic heterocycles. The second kappa shape index (κ2) is 5.46. The Balaban J connectivity index is 1.80. The van der Waals surface area contributed by atoms with Crippen molar-refractivity contribution in [1.82, 2.24) is 0 Å². The summed E-state index contributed by atoms with van der Waals surface area (Å²) in [7, 11) is 0. The maximum Gasteiger partial charge on any atom is 0.338 e. The fraction of sp³-hybridized carbons (Fsp3) is 0.385. The quantitative estimate of drug-likeness (QED) is 0.744. The minimum Gasteiger partial charge on any atom is -0.462 e. The van der Waals surface area contributed by atoms with Crippen molar-refractivity contribution in [2.75, 3.05) is 13.2 Å². The molecule has 0 amide bonds. The van der Waals surface area contributed by atoms with E-state index in [0.29, 0.717) is 25.2 Å². The number of nitrogens with zero attached hydrogens (tertiary/aromatic N) is 1. The van der Waals surface area contributed by atoms with Gasteiger partial charge >= 0.3 is 5.97 Å². The summed E-state index contributed by atoms with van der Waals surface area (Å²) >= 11 is 0. The molecule has 1 saturated heterocycles. The van der Waals surface area contributed by atoms with Crippen molar-refractivity contribution in [3.05, 3.63) is 35.9 Å². The van der Waals surface area contributed by atoms with Crippen molar-refractivity contribution in [1.29, 1.82) is 5.26 Å². The van der Waals surface area contributed by atoms with Gasteiger partial charge in [0.15, 0.2) is 0 Å². The molecule has 1 aromatic rings. The summed E-state index contributed by atoms with van der Waals surface area (Å²) in [5.74, 6) is -0.196. The Labute approximate surface area is 99.8 Å². The normalized spacial score (nSPS) is 23.0. The molecule has 2 atom stereocenters. The van der Waals surface area contributed by atoms with Gasteiger partial charge < -0.3 is 9.47 Å². The predicted octanol–water partition coefficient (Wildman–Crippen LogP) is 1.77. The lowest BCUT2D eigenvalue weighted by Crippen LogP contribution is -2.14. The number of ether oxygens (including phenoxy) is 2. The molecule has 0 unspecified atom stereocenters. The lowest BCUT2D eigenvalue weighted by atomic mass is 10.1. The molecule has 1 aliphatic rings. The Bertz CT molecular complexity index is 424. The highest BCUT2D eigenvalue weighted by molar-refractivity contribution is 5.89. The van der Waals surface area contributed by atoms with E-state index in [1.807, 2.05) is 6.07 Å². The Morgan fingerprint density at radius 1 is 1.47 bits per heavy atom. The summed E-state index contributed by atoms with van der Waals surface area (Å²) < 4.78 is 10.4. The van der Waals surface area contributed by atoms with Gasteiger partial charge in [-0.15, -0.1) is 0 Å². The van der Waals surface area contributed by atoms with Gasteiger partial charge in [0.05, 0.1) is 24.8 Å². The molecule has 0 aliphatic carbocycles. The third-order valence-electron chi connectivity index (χ3n) is 2.68. The van der Waals surface area contributed by atoms with Gasteiger partial charge in [0, 0.05) is 5.92 Å². The number of benzene rings is 1. The van der Waals surface area contributed by atoms with Crippen LogP contribution < -0.4 is 0 Å². The summed E-state index contributed by atoms with van der Waals surface area (Å²) in [6.45, 7) is 0.798. The monoisotopic (exact) mass is 231 g/mol. The Hall–Kier alpha value is -1.86. The molecule has 17 heavy (non-hydrogen) atoms. The van der Waals surface area contributed by atoms with Crippen molar-refractivity contribution in [3.63, 3.8) is 0 Å². The SMILES string of the molecule is N#C[C@H]1C[C@@H](COC(=O)c2ccccc2)CO1. The first-order valence-corrected chi connectivity index (χ1v) is 5.53. The van der Waals surface area contributed by atoms with Crippen LogP contribution in [0.25, 0.3) is 0 Å². The molecule has 4 heteroatoms. The van der Waals surface area contributed by atoms with E-state index in [-0.39, 0.29) is 18.0 Å². The summed E-state index contributed by atoms with van der Waals surface area (Å²) in [5, 5.41) is 8.66. The van der Waals surface area contributed by atoms with Crippen molar-refractivity contribution < 1.29 is 14.3 Å². The van der Waals surface area contributed by atoms with Crippen LogP contribution in [0.3, 0.4) is 0 Å². The van der Waals surface area contributed by atoms with Gasteiger partial charge in [-0.25, -0.2) is 4.79 Å². The molecule has 1 aliphatic heterocycles. The van der Waals surface area contributed by atoms with Crippen LogP contribution in [-0.2, 0) is 9.47 Å². The zero-order chi connectivity index (χ0) is 12.1. The van der Waals surface area contributed by atoms with Crippen molar-refractivity contribution in [2.24, 2.45) is 5.92 Å². The molecule has 4 nitrogen and oxygen atoms in total. The highest BCUT2D eigenvalue weighted by Crippen LogP contribution is 2.19. The molecule has 0 saturated carbocycles. The molecule has 1 fully saturated rings. The lowest BCUT2D eigenvalue weighted by Gasteiger charge is -2.08. The number of hydrogen-bond donors (Lipinski definition) is 0. The van der Waals surface area contributed by atoms with E-state index in [9.17, 15) is 4.79 Å². The largest absolute Gasteiger partial charge is 0.462 e. The molecule has 2 rings (SSSR count). The molecule has 0 bridgehead atoms. The highest BCUT2D eigenvalue weighted by atomic mass is 16.5. The van der Waals surface area contributed by atoms with Crippen LogP contribution in [0.15, 0.2) is 30.3 Å². The summed E-state index contributed by atoms with van der Waals surface area (Å²) in [4.78, 5) is 11.6. The zero-order valence-electron chi connectivity index (χ0n) is 9.33. The van der Waals surface area contributed by atoms with Gasteiger partial charge in [-0.05, 0) is 18.6 Å². The number of esters is 1. The van der Waals surface area contributed by atoms with Crippen LogP contribution in [0.4, 0.5) is 0 Å². The number of rotatable bonds is 3. The average Bonchev–Trinajstić information content (AvgIpc) is 2.85. The fourth-order valence-corrected chi connectivity index (χ4v) is 1.75. The first-order valence-electron chi connectivity index (χ1n) is 5.53. The summed E-state index contributed by atoms with van der Waals surface area (Å²) in [5.41, 5.74) is 0.545. The second-order valence-corrected chi connectivity index (χ2v) is 4.02. The molecule has 0 spiro atoms. The number of carbonyl (C=O) groups is 1. The first-order chi connectivity index (χ1) is 8.29. The van der Waals surface area contributed by atoms with Crippen molar-refractivity contribution in [2.45, 2.75) is 12.5 Å². The maximum absolute atomic E-state index is 11.6. The number of hydrogen-bond acceptors (Lipinski definition) is 4. The number of nitriles is 1. The molecule has 88 valence electrons. The van der Waals surface area contributed by atoms with Crippen LogP contribution in [-0.4, -0.2) is 25.3 Å². The minimum absolute atomic E-state index is 0.132. The minimum atomic E-state index is -0.351. The Kier molecular flexibility index (Phi) is 3.73. The predicted molar refractivity (Wildman–Crippen MR) is 60.2 cm³/mol. The topological polar surface area (TPSA) is 59.3 Å². The van der Waals surface area contributed by atoms with Gasteiger partial charge in [0.25, 0.3) is 0 Å². The van der Waals surface area contributed by atoms with E-state index in [1.165, 1.54) is 0 Å². The zero-order valence-corrected chi connectivity index (χ0v) is 9.33. The Morgan fingerprint density at radius 2 is 2.24 bits per heavy atom. The van der Waals surface area contributed by atoms with E-state index >= 15 is 0 Å². The number of carbonyl (C=O) groups excluding carboxylic acids is 1. The third kappa shape index (κ3) is 3.05. The highest BCUT2D eigenvalue weighted by Gasteiger charge is 2.26. The van der Waals surface area contributed by atoms with Gasteiger partial charge in [-0.1, -0.05) is 18.2 Å². The first kappa shape index (κ1) is 11.6. The third-order valence-corrected chi connectivity index (χ3v) is 2.68. The molecule has 1 heterocycles. The molecular formula is C13H13NO3. The van der Waals surface area contributed by atoms with Gasteiger partial charge in [0.2, 0.25) is 0 Å². The van der Waals surface area contributed by atoms with E-state index in [0.717, 1.165) is 0 Å². The second-order valence-electron chi connectivity index (χ2n) is 4.02. The van der Waals surface area contributed by atoms with E-state index in [2.05, 4.69) is 6.07 Å². The van der Waals surface area contributed by atoms with E-state index in [1.54, 1.807) is 24.3 Å². The Morgan fingerprint density at radius 3 is 2.88 bits per heavy atom. The molecule has 1 aromatic carbocycles. The van der Waals surface area contributed by atoms with Crippen molar-refractivity contribution in [3.8, 4) is 6.07 Å². The van der Waals surface area contributed by atoms with Crippen LogP contribution in [0.5, 0.6) is 0 Å². The van der Waals surface area contributed by atoms with Crippen LogP contribution >= 0.6 is 0 Å². The molecule has 0 radical (unpaired) electrons. The smallest absolute Gasteiger partial charge is 0.338 e. The fourth-order valence-electron chi connectivity index (χ4n) is 1.75. The van der Waals surface area contributed by atoms with Gasteiger partial charge in [-0.3, -0.25) is 0 Å².